The Labute approximate surface area is 114 Å². The molecule has 0 fully saturated rings. The Kier molecular flexibility index (Phi) is 8.80. The molecular weight excluding hydrogens is 246 g/mol. The highest BCUT2D eigenvalue weighted by atomic mass is 16.5. The van der Waals surface area contributed by atoms with Crippen molar-refractivity contribution in [3.05, 3.63) is 24.3 Å². The zero-order valence-electron chi connectivity index (χ0n) is 11.5. The predicted molar refractivity (Wildman–Crippen MR) is 74.5 cm³/mol. The smallest absolute Gasteiger partial charge is 0.121 e. The minimum absolute atomic E-state index is 0.507. The topological polar surface area (TPSA) is 62.9 Å². The number of methoxy groups -OCH3 is 1. The van der Waals surface area contributed by atoms with E-state index in [4.69, 9.17) is 24.7 Å². The van der Waals surface area contributed by atoms with Crippen LogP contribution in [-0.2, 0) is 14.2 Å². The van der Waals surface area contributed by atoms with Gasteiger partial charge in [0.1, 0.15) is 12.4 Å². The first-order valence-electron chi connectivity index (χ1n) is 6.45. The average Bonchev–Trinajstić information content (AvgIpc) is 2.41. The van der Waals surface area contributed by atoms with E-state index in [9.17, 15) is 0 Å². The van der Waals surface area contributed by atoms with Gasteiger partial charge in [0.25, 0.3) is 0 Å². The highest BCUT2D eigenvalue weighted by Gasteiger charge is 1.95. The molecule has 108 valence electrons. The maximum atomic E-state index is 5.64. The summed E-state index contributed by atoms with van der Waals surface area (Å²) in [5.74, 6) is 0.763. The predicted octanol–water partition coefficient (Wildman–Crippen LogP) is 1.72. The van der Waals surface area contributed by atoms with Crippen molar-refractivity contribution in [3.63, 3.8) is 0 Å². The molecule has 0 amide bonds. The number of nitrogen functional groups attached to an aromatic ring is 1. The Morgan fingerprint density at radius 3 is 2.42 bits per heavy atom. The second-order valence-electron chi connectivity index (χ2n) is 3.99. The van der Waals surface area contributed by atoms with Crippen molar-refractivity contribution in [2.45, 2.75) is 6.42 Å². The highest BCUT2D eigenvalue weighted by molar-refractivity contribution is 5.43. The Morgan fingerprint density at radius 2 is 1.68 bits per heavy atom. The molecule has 1 rings (SSSR count). The quantitative estimate of drug-likeness (QED) is 0.489. The number of hydrogen-bond acceptors (Lipinski definition) is 5. The molecule has 5 heteroatoms. The minimum atomic E-state index is 0.507. The fraction of sp³-hybridized carbons (Fsp3) is 0.571. The van der Waals surface area contributed by atoms with Gasteiger partial charge in [0.15, 0.2) is 0 Å². The summed E-state index contributed by atoms with van der Waals surface area (Å²) in [4.78, 5) is 0. The van der Waals surface area contributed by atoms with Crippen molar-refractivity contribution in [1.82, 2.24) is 0 Å². The van der Waals surface area contributed by atoms with Gasteiger partial charge in [-0.05, 0) is 18.6 Å². The lowest BCUT2D eigenvalue weighted by Crippen LogP contribution is -2.11. The van der Waals surface area contributed by atoms with E-state index in [1.807, 2.05) is 18.2 Å². The van der Waals surface area contributed by atoms with E-state index in [1.54, 1.807) is 13.2 Å². The van der Waals surface area contributed by atoms with Crippen LogP contribution < -0.4 is 10.5 Å². The molecule has 0 radical (unpaired) electrons. The first kappa shape index (κ1) is 15.8. The van der Waals surface area contributed by atoms with Crippen molar-refractivity contribution in [3.8, 4) is 5.75 Å². The van der Waals surface area contributed by atoms with Crippen LogP contribution in [0, 0.1) is 0 Å². The molecule has 2 N–H and O–H groups in total. The Balaban J connectivity index is 1.89. The monoisotopic (exact) mass is 269 g/mol. The van der Waals surface area contributed by atoms with Crippen molar-refractivity contribution < 1.29 is 18.9 Å². The fourth-order valence-electron chi connectivity index (χ4n) is 1.45. The van der Waals surface area contributed by atoms with Crippen molar-refractivity contribution in [2.24, 2.45) is 0 Å². The number of ether oxygens (including phenoxy) is 4. The van der Waals surface area contributed by atoms with E-state index >= 15 is 0 Å². The van der Waals surface area contributed by atoms with Gasteiger partial charge in [-0.3, -0.25) is 0 Å². The SMILES string of the molecule is COCCCOCCOCCOc1cccc(N)c1. The van der Waals surface area contributed by atoms with Crippen LogP contribution in [0.15, 0.2) is 24.3 Å². The van der Waals surface area contributed by atoms with Crippen LogP contribution in [0.3, 0.4) is 0 Å². The van der Waals surface area contributed by atoms with Crippen LogP contribution in [0.1, 0.15) is 6.42 Å². The molecule has 1 aromatic carbocycles. The van der Waals surface area contributed by atoms with Gasteiger partial charge in [0, 0.05) is 32.1 Å². The molecule has 0 aliphatic carbocycles. The summed E-state index contributed by atoms with van der Waals surface area (Å²) in [6.07, 6.45) is 0.912. The summed E-state index contributed by atoms with van der Waals surface area (Å²) >= 11 is 0. The summed E-state index contributed by atoms with van der Waals surface area (Å²) in [5.41, 5.74) is 6.34. The Bertz CT molecular complexity index is 333. The van der Waals surface area contributed by atoms with E-state index < -0.39 is 0 Å². The van der Waals surface area contributed by atoms with Gasteiger partial charge >= 0.3 is 0 Å². The lowest BCUT2D eigenvalue weighted by Gasteiger charge is -2.08. The average molecular weight is 269 g/mol. The van der Waals surface area contributed by atoms with Crippen molar-refractivity contribution in [2.75, 3.05) is 52.5 Å². The second kappa shape index (κ2) is 10.6. The standard InChI is InChI=1S/C14H23NO4/c1-16-6-3-7-17-8-9-18-10-11-19-14-5-2-4-13(15)12-14/h2,4-5,12H,3,6-11,15H2,1H3. The molecule has 0 unspecified atom stereocenters. The molecule has 0 aliphatic heterocycles. The Hall–Kier alpha value is -1.30. The second-order valence-corrected chi connectivity index (χ2v) is 3.99. The molecule has 0 atom stereocenters. The molecule has 0 saturated heterocycles. The zero-order chi connectivity index (χ0) is 13.8. The lowest BCUT2D eigenvalue weighted by molar-refractivity contribution is 0.0304. The van der Waals surface area contributed by atoms with Crippen molar-refractivity contribution in [1.29, 1.82) is 0 Å². The van der Waals surface area contributed by atoms with Crippen LogP contribution in [0.4, 0.5) is 5.69 Å². The third-order valence-corrected chi connectivity index (χ3v) is 2.36. The summed E-state index contributed by atoms with van der Waals surface area (Å²) in [5, 5.41) is 0. The fourth-order valence-corrected chi connectivity index (χ4v) is 1.45. The van der Waals surface area contributed by atoms with E-state index in [2.05, 4.69) is 0 Å². The van der Waals surface area contributed by atoms with E-state index in [0.29, 0.717) is 38.7 Å². The molecule has 5 nitrogen and oxygen atoms in total. The summed E-state index contributed by atoms with van der Waals surface area (Å²) in [7, 11) is 1.68. The lowest BCUT2D eigenvalue weighted by atomic mass is 10.3. The molecule has 0 spiro atoms. The number of anilines is 1. The van der Waals surface area contributed by atoms with E-state index in [0.717, 1.165) is 18.8 Å². The zero-order valence-corrected chi connectivity index (χ0v) is 11.5. The first-order valence-corrected chi connectivity index (χ1v) is 6.45. The van der Waals surface area contributed by atoms with Crippen LogP contribution in [0.25, 0.3) is 0 Å². The van der Waals surface area contributed by atoms with Crippen LogP contribution in [0.5, 0.6) is 5.75 Å². The third-order valence-electron chi connectivity index (χ3n) is 2.36. The largest absolute Gasteiger partial charge is 0.491 e. The van der Waals surface area contributed by atoms with Crippen LogP contribution >= 0.6 is 0 Å². The number of hydrogen-bond donors (Lipinski definition) is 1. The van der Waals surface area contributed by atoms with Gasteiger partial charge in [-0.1, -0.05) is 6.07 Å². The van der Waals surface area contributed by atoms with Crippen molar-refractivity contribution >= 4 is 5.69 Å². The maximum absolute atomic E-state index is 5.64. The van der Waals surface area contributed by atoms with Crippen LogP contribution in [0.2, 0.25) is 0 Å². The van der Waals surface area contributed by atoms with E-state index in [-0.39, 0.29) is 0 Å². The molecule has 0 saturated carbocycles. The van der Waals surface area contributed by atoms with Gasteiger partial charge in [-0.15, -0.1) is 0 Å². The number of benzene rings is 1. The molecular formula is C14H23NO4. The molecule has 19 heavy (non-hydrogen) atoms. The van der Waals surface area contributed by atoms with Gasteiger partial charge in [-0.25, -0.2) is 0 Å². The number of rotatable bonds is 11. The normalized spacial score (nSPS) is 10.6. The Morgan fingerprint density at radius 1 is 0.947 bits per heavy atom. The summed E-state index contributed by atoms with van der Waals surface area (Å²) in [6, 6.07) is 7.35. The summed E-state index contributed by atoms with van der Waals surface area (Å²) in [6.45, 7) is 3.66. The molecule has 0 aliphatic rings. The molecule has 1 aromatic rings. The first-order chi connectivity index (χ1) is 9.33. The molecule has 0 heterocycles. The minimum Gasteiger partial charge on any atom is -0.491 e. The molecule has 0 aromatic heterocycles. The molecule has 0 bridgehead atoms. The van der Waals surface area contributed by atoms with Gasteiger partial charge < -0.3 is 24.7 Å². The highest BCUT2D eigenvalue weighted by Crippen LogP contribution is 2.13. The van der Waals surface area contributed by atoms with E-state index in [1.165, 1.54) is 0 Å². The third kappa shape index (κ3) is 8.42. The van der Waals surface area contributed by atoms with Gasteiger partial charge in [0.05, 0.1) is 19.8 Å². The van der Waals surface area contributed by atoms with Gasteiger partial charge in [-0.2, -0.15) is 0 Å². The summed E-state index contributed by atoms with van der Waals surface area (Å²) < 4.78 is 21.1. The van der Waals surface area contributed by atoms with Gasteiger partial charge in [0.2, 0.25) is 0 Å². The maximum Gasteiger partial charge on any atom is 0.121 e. The van der Waals surface area contributed by atoms with Crippen LogP contribution in [-0.4, -0.2) is 46.8 Å². The number of nitrogens with two attached hydrogens (primary N) is 1.